The molecular formula is C8H11FN2O. The van der Waals surface area contributed by atoms with E-state index in [2.05, 4.69) is 4.98 Å². The number of halogens is 1. The summed E-state index contributed by atoms with van der Waals surface area (Å²) in [6, 6.07) is 2.72. The second kappa shape index (κ2) is 4.13. The first-order valence-electron chi connectivity index (χ1n) is 3.73. The van der Waals surface area contributed by atoms with Gasteiger partial charge in [0.15, 0.2) is 0 Å². The van der Waals surface area contributed by atoms with Gasteiger partial charge in [-0.15, -0.1) is 0 Å². The van der Waals surface area contributed by atoms with E-state index in [0.29, 0.717) is 18.7 Å². The Morgan fingerprint density at radius 1 is 1.58 bits per heavy atom. The summed E-state index contributed by atoms with van der Waals surface area (Å²) in [5, 5.41) is 9.35. The summed E-state index contributed by atoms with van der Waals surface area (Å²) in [5.74, 6) is -0.404. The minimum absolute atomic E-state index is 0.389. The third-order valence-electron chi connectivity index (χ3n) is 1.53. The molecule has 0 aliphatic heterocycles. The first kappa shape index (κ1) is 9.09. The summed E-state index contributed by atoms with van der Waals surface area (Å²) in [4.78, 5) is 3.72. The largest absolute Gasteiger partial charge is 0.387 e. The zero-order valence-electron chi connectivity index (χ0n) is 6.57. The van der Waals surface area contributed by atoms with Gasteiger partial charge in [-0.25, -0.2) is 4.39 Å². The van der Waals surface area contributed by atoms with Crippen molar-refractivity contribution in [1.29, 1.82) is 0 Å². The van der Waals surface area contributed by atoms with Gasteiger partial charge in [-0.2, -0.15) is 0 Å². The monoisotopic (exact) mass is 170 g/mol. The van der Waals surface area contributed by atoms with Gasteiger partial charge in [0.2, 0.25) is 0 Å². The molecule has 1 heterocycles. The lowest BCUT2D eigenvalue weighted by atomic mass is 10.2. The van der Waals surface area contributed by atoms with Crippen LogP contribution in [0.2, 0.25) is 0 Å². The number of hydrogen-bond acceptors (Lipinski definition) is 3. The summed E-state index contributed by atoms with van der Waals surface area (Å²) < 4.78 is 12.4. The normalized spacial score (nSPS) is 12.9. The van der Waals surface area contributed by atoms with Crippen molar-refractivity contribution in [2.45, 2.75) is 12.5 Å². The van der Waals surface area contributed by atoms with E-state index in [1.165, 1.54) is 12.1 Å². The molecule has 1 atom stereocenters. The molecule has 0 fully saturated rings. The summed E-state index contributed by atoms with van der Waals surface area (Å²) in [7, 11) is 0. The Balaban J connectivity index is 2.68. The molecule has 0 saturated heterocycles. The van der Waals surface area contributed by atoms with Crippen LogP contribution in [0.15, 0.2) is 18.3 Å². The van der Waals surface area contributed by atoms with Crippen LogP contribution in [0.3, 0.4) is 0 Å². The van der Waals surface area contributed by atoms with E-state index in [0.717, 1.165) is 6.20 Å². The van der Waals surface area contributed by atoms with Gasteiger partial charge in [0.1, 0.15) is 5.82 Å². The van der Waals surface area contributed by atoms with Crippen molar-refractivity contribution >= 4 is 0 Å². The van der Waals surface area contributed by atoms with Crippen LogP contribution in [0.25, 0.3) is 0 Å². The molecule has 0 aliphatic carbocycles. The van der Waals surface area contributed by atoms with Crippen LogP contribution in [0, 0.1) is 5.82 Å². The van der Waals surface area contributed by atoms with Gasteiger partial charge >= 0.3 is 0 Å². The second-order valence-electron chi connectivity index (χ2n) is 2.49. The number of pyridine rings is 1. The SMILES string of the molecule is NCC[C@@H](O)c1ccc(F)cn1. The zero-order chi connectivity index (χ0) is 8.97. The number of nitrogens with zero attached hydrogens (tertiary/aromatic N) is 1. The van der Waals surface area contributed by atoms with Crippen LogP contribution >= 0.6 is 0 Å². The van der Waals surface area contributed by atoms with Crippen LogP contribution < -0.4 is 5.73 Å². The molecule has 0 aliphatic rings. The standard InChI is InChI=1S/C8H11FN2O/c9-6-1-2-7(11-5-6)8(12)3-4-10/h1-2,5,8,12H,3-4,10H2/t8-/m1/s1. The lowest BCUT2D eigenvalue weighted by Crippen LogP contribution is -2.07. The van der Waals surface area contributed by atoms with E-state index in [4.69, 9.17) is 5.73 Å². The Bertz CT molecular complexity index is 237. The fourth-order valence-corrected chi connectivity index (χ4v) is 0.890. The number of nitrogens with two attached hydrogens (primary N) is 1. The number of aliphatic hydroxyl groups excluding tert-OH is 1. The predicted molar refractivity (Wildman–Crippen MR) is 42.8 cm³/mol. The van der Waals surface area contributed by atoms with Crippen molar-refractivity contribution in [1.82, 2.24) is 4.98 Å². The smallest absolute Gasteiger partial charge is 0.141 e. The molecule has 1 rings (SSSR count). The molecule has 0 radical (unpaired) electrons. The average Bonchev–Trinajstić information content (AvgIpc) is 2.06. The van der Waals surface area contributed by atoms with Crippen LogP contribution in [-0.4, -0.2) is 16.6 Å². The summed E-state index contributed by atoms with van der Waals surface area (Å²) in [6.45, 7) is 0.389. The Kier molecular flexibility index (Phi) is 3.13. The van der Waals surface area contributed by atoms with Gasteiger partial charge in [0, 0.05) is 0 Å². The van der Waals surface area contributed by atoms with Crippen molar-refractivity contribution in [3.05, 3.63) is 29.8 Å². The summed E-state index contributed by atoms with van der Waals surface area (Å²) >= 11 is 0. The van der Waals surface area contributed by atoms with E-state index in [9.17, 15) is 9.50 Å². The van der Waals surface area contributed by atoms with Crippen LogP contribution in [-0.2, 0) is 0 Å². The first-order chi connectivity index (χ1) is 5.74. The summed E-state index contributed by atoms with van der Waals surface area (Å²) in [6.07, 6.45) is 0.837. The fraction of sp³-hybridized carbons (Fsp3) is 0.375. The third kappa shape index (κ3) is 2.25. The number of aliphatic hydroxyl groups is 1. The van der Waals surface area contributed by atoms with E-state index in [1.807, 2.05) is 0 Å². The maximum absolute atomic E-state index is 12.4. The van der Waals surface area contributed by atoms with Gasteiger partial charge in [-0.3, -0.25) is 4.98 Å². The maximum atomic E-state index is 12.4. The predicted octanol–water partition coefficient (Wildman–Crippen LogP) is 0.603. The van der Waals surface area contributed by atoms with Crippen LogP contribution in [0.4, 0.5) is 4.39 Å². The highest BCUT2D eigenvalue weighted by molar-refractivity contribution is 5.07. The highest BCUT2D eigenvalue weighted by Gasteiger charge is 2.06. The topological polar surface area (TPSA) is 59.1 Å². The molecule has 0 bridgehead atoms. The van der Waals surface area contributed by atoms with E-state index in [-0.39, 0.29) is 0 Å². The lowest BCUT2D eigenvalue weighted by molar-refractivity contribution is 0.165. The van der Waals surface area contributed by atoms with E-state index >= 15 is 0 Å². The lowest BCUT2D eigenvalue weighted by Gasteiger charge is -2.07. The van der Waals surface area contributed by atoms with Gasteiger partial charge in [-0.05, 0) is 25.1 Å². The van der Waals surface area contributed by atoms with Gasteiger partial charge in [-0.1, -0.05) is 0 Å². The third-order valence-corrected chi connectivity index (χ3v) is 1.53. The highest BCUT2D eigenvalue weighted by atomic mass is 19.1. The fourth-order valence-electron chi connectivity index (χ4n) is 0.890. The van der Waals surface area contributed by atoms with Crippen molar-refractivity contribution in [2.75, 3.05) is 6.54 Å². The van der Waals surface area contributed by atoms with Crippen molar-refractivity contribution in [3.63, 3.8) is 0 Å². The Morgan fingerprint density at radius 2 is 2.33 bits per heavy atom. The molecule has 4 heteroatoms. The van der Waals surface area contributed by atoms with Crippen LogP contribution in [0.5, 0.6) is 0 Å². The van der Waals surface area contributed by atoms with Gasteiger partial charge in [0.05, 0.1) is 18.0 Å². The van der Waals surface area contributed by atoms with E-state index in [1.54, 1.807) is 0 Å². The Labute approximate surface area is 70.0 Å². The number of hydrogen-bond donors (Lipinski definition) is 2. The minimum Gasteiger partial charge on any atom is -0.387 e. The maximum Gasteiger partial charge on any atom is 0.141 e. The number of aromatic nitrogens is 1. The second-order valence-corrected chi connectivity index (χ2v) is 2.49. The molecule has 0 spiro atoms. The van der Waals surface area contributed by atoms with Crippen LogP contribution in [0.1, 0.15) is 18.2 Å². The zero-order valence-corrected chi connectivity index (χ0v) is 6.57. The molecule has 12 heavy (non-hydrogen) atoms. The molecule has 66 valence electrons. The molecule has 3 N–H and O–H groups in total. The quantitative estimate of drug-likeness (QED) is 0.698. The first-order valence-corrected chi connectivity index (χ1v) is 3.73. The minimum atomic E-state index is -0.685. The van der Waals surface area contributed by atoms with Gasteiger partial charge in [0.25, 0.3) is 0 Å². The van der Waals surface area contributed by atoms with Gasteiger partial charge < -0.3 is 10.8 Å². The Hall–Kier alpha value is -1.00. The average molecular weight is 170 g/mol. The number of rotatable bonds is 3. The van der Waals surface area contributed by atoms with Crippen molar-refractivity contribution in [3.8, 4) is 0 Å². The molecule has 0 saturated carbocycles. The molecule has 1 aromatic rings. The molecule has 0 amide bonds. The van der Waals surface area contributed by atoms with Crippen molar-refractivity contribution < 1.29 is 9.50 Å². The molecular weight excluding hydrogens is 159 g/mol. The Morgan fingerprint density at radius 3 is 2.83 bits per heavy atom. The molecule has 0 aromatic carbocycles. The molecule has 3 nitrogen and oxygen atoms in total. The highest BCUT2D eigenvalue weighted by Crippen LogP contribution is 2.12. The van der Waals surface area contributed by atoms with Crippen molar-refractivity contribution in [2.24, 2.45) is 5.73 Å². The van der Waals surface area contributed by atoms with E-state index < -0.39 is 11.9 Å². The molecule has 0 unspecified atom stereocenters. The summed E-state index contributed by atoms with van der Waals surface area (Å²) in [5.41, 5.74) is 5.69. The molecule has 1 aromatic heterocycles.